The monoisotopic (exact) mass is 265 g/mol. The third-order valence-electron chi connectivity index (χ3n) is 2.68. The van der Waals surface area contributed by atoms with Crippen molar-refractivity contribution in [1.29, 1.82) is 0 Å². The lowest BCUT2D eigenvalue weighted by molar-refractivity contribution is 0.0660. The van der Waals surface area contributed by atoms with E-state index in [2.05, 4.69) is 23.7 Å². The fraction of sp³-hybridized carbons (Fsp3) is 0.308. The summed E-state index contributed by atoms with van der Waals surface area (Å²) in [5, 5.41) is 14.1. The first kappa shape index (κ1) is 12.9. The van der Waals surface area contributed by atoms with Crippen LogP contribution in [0.15, 0.2) is 28.0 Å². The molecule has 18 heavy (non-hydrogen) atoms. The van der Waals surface area contributed by atoms with Gasteiger partial charge in [-0.05, 0) is 35.6 Å². The second-order valence-corrected chi connectivity index (χ2v) is 4.90. The topological polar surface area (TPSA) is 62.5 Å². The molecule has 0 aliphatic rings. The zero-order valence-electron chi connectivity index (χ0n) is 10.1. The van der Waals surface area contributed by atoms with E-state index in [1.165, 1.54) is 16.5 Å². The van der Waals surface area contributed by atoms with Gasteiger partial charge in [-0.3, -0.25) is 0 Å². The molecule has 0 radical (unpaired) electrons. The molecule has 2 N–H and O–H groups in total. The maximum atomic E-state index is 10.6. The van der Waals surface area contributed by atoms with E-state index in [0.717, 1.165) is 13.0 Å². The molecular formula is C13H15NO3S. The molecule has 4 nitrogen and oxygen atoms in total. The number of nitrogens with one attached hydrogen (secondary N) is 1. The number of thiophene rings is 1. The normalized spacial score (nSPS) is 10.7. The van der Waals surface area contributed by atoms with Crippen LogP contribution in [0.25, 0.3) is 0 Å². The highest BCUT2D eigenvalue weighted by Gasteiger charge is 2.08. The number of carboxylic acids is 1. The van der Waals surface area contributed by atoms with Gasteiger partial charge in [-0.1, -0.05) is 6.92 Å². The van der Waals surface area contributed by atoms with Gasteiger partial charge in [-0.2, -0.15) is 0 Å². The summed E-state index contributed by atoms with van der Waals surface area (Å²) in [7, 11) is 0. The summed E-state index contributed by atoms with van der Waals surface area (Å²) in [6, 6.07) is 5.30. The molecule has 0 saturated heterocycles. The van der Waals surface area contributed by atoms with Gasteiger partial charge in [0.1, 0.15) is 5.76 Å². The molecular weight excluding hydrogens is 250 g/mol. The van der Waals surface area contributed by atoms with Crippen molar-refractivity contribution in [1.82, 2.24) is 5.32 Å². The average molecular weight is 265 g/mol. The summed E-state index contributed by atoms with van der Waals surface area (Å²) in [4.78, 5) is 12.0. The zero-order valence-corrected chi connectivity index (χ0v) is 10.9. The van der Waals surface area contributed by atoms with Crippen molar-refractivity contribution in [2.45, 2.75) is 26.4 Å². The van der Waals surface area contributed by atoms with Gasteiger partial charge in [0.15, 0.2) is 0 Å². The van der Waals surface area contributed by atoms with Crippen LogP contribution in [0.4, 0.5) is 0 Å². The van der Waals surface area contributed by atoms with E-state index in [1.807, 2.05) is 0 Å². The number of aromatic carboxylic acids is 1. The lowest BCUT2D eigenvalue weighted by Gasteiger charge is -2.03. The van der Waals surface area contributed by atoms with Crippen molar-refractivity contribution in [2.75, 3.05) is 0 Å². The molecule has 5 heteroatoms. The van der Waals surface area contributed by atoms with E-state index >= 15 is 0 Å². The van der Waals surface area contributed by atoms with Crippen molar-refractivity contribution in [3.63, 3.8) is 0 Å². The second kappa shape index (κ2) is 5.84. The van der Waals surface area contributed by atoms with Crippen LogP contribution < -0.4 is 5.32 Å². The minimum atomic E-state index is -1.03. The number of furan rings is 1. The molecule has 0 amide bonds. The Kier molecular flexibility index (Phi) is 4.17. The van der Waals surface area contributed by atoms with Crippen LogP contribution in [0.3, 0.4) is 0 Å². The molecule has 0 saturated carbocycles. The predicted molar refractivity (Wildman–Crippen MR) is 69.9 cm³/mol. The molecule has 0 fully saturated rings. The van der Waals surface area contributed by atoms with Crippen LogP contribution in [0.5, 0.6) is 0 Å². The number of hydrogen-bond acceptors (Lipinski definition) is 4. The molecule has 0 bridgehead atoms. The quantitative estimate of drug-likeness (QED) is 0.843. The molecule has 0 aliphatic heterocycles. The Morgan fingerprint density at radius 1 is 1.39 bits per heavy atom. The standard InChI is InChI=1S/C13H15NO3S/c1-2-9-5-6-18-12(9)8-14-7-10-3-4-11(17-10)13(15)16/h3-6,14H,2,7-8H2,1H3,(H,15,16). The van der Waals surface area contributed by atoms with E-state index < -0.39 is 5.97 Å². The van der Waals surface area contributed by atoms with Crippen molar-refractivity contribution in [3.05, 3.63) is 45.5 Å². The van der Waals surface area contributed by atoms with Gasteiger partial charge in [-0.15, -0.1) is 11.3 Å². The first-order valence-electron chi connectivity index (χ1n) is 5.78. The van der Waals surface area contributed by atoms with E-state index in [4.69, 9.17) is 9.52 Å². The van der Waals surface area contributed by atoms with Gasteiger partial charge < -0.3 is 14.8 Å². The zero-order chi connectivity index (χ0) is 13.0. The molecule has 0 aliphatic carbocycles. The van der Waals surface area contributed by atoms with Crippen molar-refractivity contribution in [2.24, 2.45) is 0 Å². The van der Waals surface area contributed by atoms with Crippen molar-refractivity contribution < 1.29 is 14.3 Å². The Bertz CT molecular complexity index is 530. The molecule has 0 atom stereocenters. The third-order valence-corrected chi connectivity index (χ3v) is 3.64. The van der Waals surface area contributed by atoms with Crippen LogP contribution in [0.1, 0.15) is 33.7 Å². The SMILES string of the molecule is CCc1ccsc1CNCc1ccc(C(=O)O)o1. The highest BCUT2D eigenvalue weighted by molar-refractivity contribution is 7.10. The average Bonchev–Trinajstić information content (AvgIpc) is 2.97. The molecule has 2 rings (SSSR count). The van der Waals surface area contributed by atoms with Gasteiger partial charge >= 0.3 is 5.97 Å². The molecule has 2 aromatic heterocycles. The molecule has 96 valence electrons. The number of rotatable bonds is 6. The summed E-state index contributed by atoms with van der Waals surface area (Å²) in [6.07, 6.45) is 1.03. The molecule has 0 spiro atoms. The maximum absolute atomic E-state index is 10.6. The maximum Gasteiger partial charge on any atom is 0.371 e. The Morgan fingerprint density at radius 2 is 2.22 bits per heavy atom. The lowest BCUT2D eigenvalue weighted by Crippen LogP contribution is -2.12. The summed E-state index contributed by atoms with van der Waals surface area (Å²) >= 11 is 1.73. The number of hydrogen-bond donors (Lipinski definition) is 2. The van der Waals surface area contributed by atoms with Crippen molar-refractivity contribution in [3.8, 4) is 0 Å². The fourth-order valence-corrected chi connectivity index (χ4v) is 2.67. The van der Waals surface area contributed by atoms with Gasteiger partial charge in [0.2, 0.25) is 5.76 Å². The summed E-state index contributed by atoms with van der Waals surface area (Å²) in [6.45, 7) is 3.45. The fourth-order valence-electron chi connectivity index (χ4n) is 1.72. The Labute approximate surface area is 109 Å². The first-order chi connectivity index (χ1) is 8.70. The third kappa shape index (κ3) is 3.00. The second-order valence-electron chi connectivity index (χ2n) is 3.90. The van der Waals surface area contributed by atoms with Crippen LogP contribution in [0.2, 0.25) is 0 Å². The van der Waals surface area contributed by atoms with E-state index in [9.17, 15) is 4.79 Å². The van der Waals surface area contributed by atoms with Gasteiger partial charge in [-0.25, -0.2) is 4.79 Å². The smallest absolute Gasteiger partial charge is 0.371 e. The summed E-state index contributed by atoms with van der Waals surface area (Å²) in [5.74, 6) is -0.410. The van der Waals surface area contributed by atoms with Crippen LogP contribution in [-0.2, 0) is 19.5 Å². The Morgan fingerprint density at radius 3 is 2.89 bits per heavy atom. The van der Waals surface area contributed by atoms with Gasteiger partial charge in [0, 0.05) is 11.4 Å². The van der Waals surface area contributed by atoms with Crippen LogP contribution >= 0.6 is 11.3 Å². The predicted octanol–water partition coefficient (Wildman–Crippen LogP) is 2.89. The Balaban J connectivity index is 1.86. The minimum Gasteiger partial charge on any atom is -0.475 e. The number of aryl methyl sites for hydroxylation is 1. The molecule has 0 unspecified atom stereocenters. The highest BCUT2D eigenvalue weighted by atomic mass is 32.1. The van der Waals surface area contributed by atoms with E-state index in [-0.39, 0.29) is 5.76 Å². The summed E-state index contributed by atoms with van der Waals surface area (Å²) < 4.78 is 5.16. The molecule has 0 aromatic carbocycles. The van der Waals surface area contributed by atoms with Crippen LogP contribution in [-0.4, -0.2) is 11.1 Å². The van der Waals surface area contributed by atoms with E-state index in [1.54, 1.807) is 17.4 Å². The number of carbonyl (C=O) groups is 1. The van der Waals surface area contributed by atoms with Crippen LogP contribution in [0, 0.1) is 0 Å². The first-order valence-corrected chi connectivity index (χ1v) is 6.66. The van der Waals surface area contributed by atoms with Crippen molar-refractivity contribution >= 4 is 17.3 Å². The lowest BCUT2D eigenvalue weighted by atomic mass is 10.2. The van der Waals surface area contributed by atoms with Gasteiger partial charge in [0.05, 0.1) is 6.54 Å². The summed E-state index contributed by atoms with van der Waals surface area (Å²) in [5.41, 5.74) is 1.36. The molecule has 2 heterocycles. The minimum absolute atomic E-state index is 0.0165. The number of carboxylic acid groups (broad SMARTS) is 1. The molecule has 2 aromatic rings. The van der Waals surface area contributed by atoms with Gasteiger partial charge in [0.25, 0.3) is 0 Å². The largest absolute Gasteiger partial charge is 0.475 e. The Hall–Kier alpha value is -1.59. The van der Waals surface area contributed by atoms with E-state index in [0.29, 0.717) is 12.3 Å². The highest BCUT2D eigenvalue weighted by Crippen LogP contribution is 2.17.